The van der Waals surface area contributed by atoms with Crippen LogP contribution in [0.4, 0.5) is 4.39 Å². The Morgan fingerprint density at radius 2 is 1.93 bits per heavy atom. The summed E-state index contributed by atoms with van der Waals surface area (Å²) in [6, 6.07) is 12.7. The van der Waals surface area contributed by atoms with Crippen molar-refractivity contribution in [2.75, 3.05) is 20.2 Å². The van der Waals surface area contributed by atoms with Gasteiger partial charge in [-0.1, -0.05) is 75.9 Å². The summed E-state index contributed by atoms with van der Waals surface area (Å²) in [5.74, 6) is -0.124. The Hall–Kier alpha value is -3.22. The quantitative estimate of drug-likeness (QED) is 0.160. The molecule has 44 heavy (non-hydrogen) atoms. The van der Waals surface area contributed by atoms with E-state index in [0.29, 0.717) is 42.7 Å². The zero-order valence-electron chi connectivity index (χ0n) is 26.6. The molecule has 1 saturated heterocycles. The Kier molecular flexibility index (Phi) is 9.81. The van der Waals surface area contributed by atoms with Gasteiger partial charge in [-0.2, -0.15) is 0 Å². The van der Waals surface area contributed by atoms with Gasteiger partial charge in [0.2, 0.25) is 5.88 Å². The molecule has 0 radical (unpaired) electrons. The number of nitrogens with zero attached hydrogens (tertiary/aromatic N) is 2. The van der Waals surface area contributed by atoms with Crippen molar-refractivity contribution in [1.29, 1.82) is 0 Å². The van der Waals surface area contributed by atoms with Crippen LogP contribution >= 0.6 is 11.6 Å². The van der Waals surface area contributed by atoms with E-state index in [1.165, 1.54) is 0 Å². The molecule has 1 aliphatic heterocycles. The number of hydrogen-bond acceptors (Lipinski definition) is 5. The van der Waals surface area contributed by atoms with Crippen LogP contribution in [0.25, 0.3) is 32.8 Å². The Morgan fingerprint density at radius 3 is 2.59 bits per heavy atom. The highest BCUT2D eigenvalue weighted by molar-refractivity contribution is 6.35. The van der Waals surface area contributed by atoms with Gasteiger partial charge in [-0.25, -0.2) is 9.37 Å². The summed E-state index contributed by atoms with van der Waals surface area (Å²) in [4.78, 5) is 20.9. The van der Waals surface area contributed by atoms with Crippen LogP contribution in [0, 0.1) is 5.82 Å². The Bertz CT molecular complexity index is 1690. The number of ether oxygens (including phenoxy) is 1. The van der Waals surface area contributed by atoms with Crippen LogP contribution in [0.5, 0.6) is 11.6 Å². The van der Waals surface area contributed by atoms with E-state index in [1.807, 2.05) is 38.1 Å². The van der Waals surface area contributed by atoms with Gasteiger partial charge in [0.15, 0.2) is 5.82 Å². The second-order valence-electron chi connectivity index (χ2n) is 12.3. The van der Waals surface area contributed by atoms with Crippen LogP contribution in [0.1, 0.15) is 83.8 Å². The lowest BCUT2D eigenvalue weighted by Crippen LogP contribution is -2.36. The summed E-state index contributed by atoms with van der Waals surface area (Å²) < 4.78 is 23.6. The molecule has 3 aromatic carbocycles. The van der Waals surface area contributed by atoms with Gasteiger partial charge in [0, 0.05) is 22.6 Å². The Balaban J connectivity index is 1.83. The van der Waals surface area contributed by atoms with Gasteiger partial charge < -0.3 is 14.7 Å². The standard InChI is InChI=1S/C37H44ClFN2O3/c1-6-9-12-17-37(8-3,23(4)42)33-27(7-2)36(44-22-25-15-13-18-41(25)5)40-35-30(33)21-31(38)32(34(35)39)29-20-26(43)19-24-14-10-11-16-28(24)29/h10-11,14,16,19-21,25,43H,6-9,12-13,15,17-18,22H2,1-5H3. The minimum atomic E-state index is -0.834. The molecular weight excluding hydrogens is 575 g/mol. The zero-order valence-corrected chi connectivity index (χ0v) is 27.4. The molecule has 5 nitrogen and oxygen atoms in total. The number of aromatic hydroxyl groups is 1. The minimum Gasteiger partial charge on any atom is -0.508 e. The lowest BCUT2D eigenvalue weighted by Gasteiger charge is -2.35. The highest BCUT2D eigenvalue weighted by Gasteiger charge is 2.40. The van der Waals surface area contributed by atoms with E-state index in [0.717, 1.165) is 60.5 Å². The van der Waals surface area contributed by atoms with Crippen molar-refractivity contribution in [3.05, 3.63) is 64.4 Å². The topological polar surface area (TPSA) is 62.7 Å². The van der Waals surface area contributed by atoms with Crippen LogP contribution in [0.3, 0.4) is 0 Å². The maximum atomic E-state index is 17.1. The number of phenols is 1. The molecule has 2 heterocycles. The zero-order chi connectivity index (χ0) is 31.6. The number of aromatic nitrogens is 1. The number of rotatable bonds is 12. The maximum Gasteiger partial charge on any atom is 0.217 e. The number of ketones is 1. The van der Waals surface area contributed by atoms with Crippen molar-refractivity contribution in [1.82, 2.24) is 9.88 Å². The summed E-state index contributed by atoms with van der Waals surface area (Å²) in [5, 5.41) is 12.9. The van der Waals surface area contributed by atoms with Crippen molar-refractivity contribution in [2.45, 2.75) is 90.5 Å². The van der Waals surface area contributed by atoms with Crippen LogP contribution in [-0.2, 0) is 16.6 Å². The average molecular weight is 619 g/mol. The van der Waals surface area contributed by atoms with E-state index >= 15 is 4.39 Å². The van der Waals surface area contributed by atoms with Crippen molar-refractivity contribution < 1.29 is 19.0 Å². The minimum absolute atomic E-state index is 0.0199. The number of phenolic OH excluding ortho intramolecular Hbond substituents is 1. The number of fused-ring (bicyclic) bond motifs is 2. The first-order valence-electron chi connectivity index (χ1n) is 16.1. The number of Topliss-reactive ketones (excluding diaryl/α,β-unsaturated/α-hetero) is 1. The molecule has 1 aliphatic rings. The number of halogens is 2. The second-order valence-corrected chi connectivity index (χ2v) is 12.7. The first-order valence-corrected chi connectivity index (χ1v) is 16.5. The smallest absolute Gasteiger partial charge is 0.217 e. The second kappa shape index (κ2) is 13.4. The first kappa shape index (κ1) is 32.2. The molecule has 0 saturated carbocycles. The van der Waals surface area contributed by atoms with Gasteiger partial charge in [-0.3, -0.25) is 4.79 Å². The average Bonchev–Trinajstić information content (AvgIpc) is 3.42. The van der Waals surface area contributed by atoms with Gasteiger partial charge in [0.1, 0.15) is 23.7 Å². The third kappa shape index (κ3) is 5.79. The SMILES string of the molecule is CCCCCC(CC)(C(C)=O)c1c(CC)c(OCC2CCCN2C)nc2c(F)c(-c3cc(O)cc4ccccc34)c(Cl)cc12. The molecule has 0 aliphatic carbocycles. The van der Waals surface area contributed by atoms with E-state index in [4.69, 9.17) is 21.3 Å². The third-order valence-electron chi connectivity index (χ3n) is 9.75. The number of carbonyl (C=O) groups is 1. The molecule has 234 valence electrons. The number of likely N-dealkylation sites (tertiary alicyclic amines) is 1. The van der Waals surface area contributed by atoms with Gasteiger partial charge in [0.25, 0.3) is 0 Å². The van der Waals surface area contributed by atoms with Crippen LogP contribution in [0.2, 0.25) is 5.02 Å². The van der Waals surface area contributed by atoms with Crippen LogP contribution < -0.4 is 4.74 Å². The molecule has 4 aromatic rings. The number of hydrogen-bond donors (Lipinski definition) is 1. The van der Waals surface area contributed by atoms with Crippen molar-refractivity contribution in [3.8, 4) is 22.8 Å². The lowest BCUT2D eigenvalue weighted by molar-refractivity contribution is -0.123. The van der Waals surface area contributed by atoms with Crippen molar-refractivity contribution >= 4 is 39.1 Å². The van der Waals surface area contributed by atoms with Gasteiger partial charge >= 0.3 is 0 Å². The monoisotopic (exact) mass is 618 g/mol. The fraction of sp³-hybridized carbons (Fsp3) is 0.459. The largest absolute Gasteiger partial charge is 0.508 e. The van der Waals surface area contributed by atoms with E-state index in [-0.39, 0.29) is 33.7 Å². The Morgan fingerprint density at radius 1 is 1.16 bits per heavy atom. The first-order chi connectivity index (χ1) is 21.2. The predicted molar refractivity (Wildman–Crippen MR) is 179 cm³/mol. The predicted octanol–water partition coefficient (Wildman–Crippen LogP) is 9.41. The Labute approximate surface area is 265 Å². The van der Waals surface area contributed by atoms with Crippen LogP contribution in [0.15, 0.2) is 42.5 Å². The summed E-state index contributed by atoms with van der Waals surface area (Å²) in [6.07, 6.45) is 6.85. The molecular formula is C37H44ClFN2O3. The van der Waals surface area contributed by atoms with Crippen molar-refractivity contribution in [2.24, 2.45) is 0 Å². The number of pyridine rings is 1. The number of benzene rings is 3. The fourth-order valence-corrected chi connectivity index (χ4v) is 7.50. The summed E-state index contributed by atoms with van der Waals surface area (Å²) in [6.45, 7) is 9.34. The van der Waals surface area contributed by atoms with E-state index in [1.54, 1.807) is 25.1 Å². The number of unbranched alkanes of at least 4 members (excludes halogenated alkanes) is 2. The highest BCUT2D eigenvalue weighted by Crippen LogP contribution is 2.47. The molecule has 5 rings (SSSR count). The summed E-state index contributed by atoms with van der Waals surface area (Å²) in [7, 11) is 2.10. The van der Waals surface area contributed by atoms with E-state index in [9.17, 15) is 9.90 Å². The number of likely N-dealkylation sites (N-methyl/N-ethyl adjacent to an activating group) is 1. The molecule has 2 unspecified atom stereocenters. The third-order valence-corrected chi connectivity index (χ3v) is 10.0. The molecule has 2 atom stereocenters. The van der Waals surface area contributed by atoms with Crippen molar-refractivity contribution in [3.63, 3.8) is 0 Å². The summed E-state index contributed by atoms with van der Waals surface area (Å²) in [5.41, 5.74) is 1.59. The number of carbonyl (C=O) groups excluding carboxylic acids is 1. The molecule has 1 N–H and O–H groups in total. The van der Waals surface area contributed by atoms with Gasteiger partial charge in [-0.05, 0) is 92.7 Å². The molecule has 7 heteroatoms. The fourth-order valence-electron chi connectivity index (χ4n) is 7.21. The van der Waals surface area contributed by atoms with Gasteiger partial charge in [-0.15, -0.1) is 0 Å². The lowest BCUT2D eigenvalue weighted by atomic mass is 9.68. The molecule has 0 amide bonds. The molecule has 1 aromatic heterocycles. The highest BCUT2D eigenvalue weighted by atomic mass is 35.5. The molecule has 0 spiro atoms. The maximum absolute atomic E-state index is 17.1. The van der Waals surface area contributed by atoms with Crippen LogP contribution in [-0.4, -0.2) is 47.0 Å². The van der Waals surface area contributed by atoms with Gasteiger partial charge in [0.05, 0.1) is 10.4 Å². The van der Waals surface area contributed by atoms with E-state index < -0.39 is 11.2 Å². The summed E-state index contributed by atoms with van der Waals surface area (Å²) >= 11 is 6.99. The molecule has 0 bridgehead atoms. The molecule has 1 fully saturated rings. The van der Waals surface area contributed by atoms with E-state index in [2.05, 4.69) is 18.9 Å². The normalized spacial score (nSPS) is 16.9.